The third-order valence-electron chi connectivity index (χ3n) is 14.3. The zero-order valence-electron chi connectivity index (χ0n) is 53.9. The molecule has 0 bridgehead atoms. The van der Waals surface area contributed by atoms with E-state index < -0.39 is 6.10 Å². The van der Waals surface area contributed by atoms with Gasteiger partial charge in [-0.15, -0.1) is 0 Å². The summed E-state index contributed by atoms with van der Waals surface area (Å²) in [5, 5.41) is 0. The molecule has 1 atom stereocenters. The van der Waals surface area contributed by atoms with E-state index in [-0.39, 0.29) is 37.5 Å². The second kappa shape index (κ2) is 69.8. The predicted octanol–water partition coefficient (Wildman–Crippen LogP) is 23.9. The Labute approximate surface area is 512 Å². The van der Waals surface area contributed by atoms with Crippen LogP contribution in [0.1, 0.15) is 303 Å². The van der Waals surface area contributed by atoms with E-state index in [0.29, 0.717) is 19.3 Å². The minimum atomic E-state index is -0.816. The van der Waals surface area contributed by atoms with Crippen LogP contribution in [0.15, 0.2) is 146 Å². The van der Waals surface area contributed by atoms with E-state index in [4.69, 9.17) is 14.2 Å². The van der Waals surface area contributed by atoms with Crippen LogP contribution < -0.4 is 0 Å². The first-order chi connectivity index (χ1) is 41.0. The maximum Gasteiger partial charge on any atom is 0.306 e. The highest BCUT2D eigenvalue weighted by Crippen LogP contribution is 2.16. The number of unbranched alkanes of at least 4 members (excludes halogenated alkanes) is 26. The molecule has 0 aliphatic rings. The highest BCUT2D eigenvalue weighted by atomic mass is 16.6. The van der Waals surface area contributed by atoms with E-state index in [1.165, 1.54) is 141 Å². The number of ether oxygens (including phenoxy) is 3. The van der Waals surface area contributed by atoms with Gasteiger partial charge in [0, 0.05) is 19.3 Å². The lowest BCUT2D eigenvalue weighted by molar-refractivity contribution is -0.166. The van der Waals surface area contributed by atoms with Gasteiger partial charge in [-0.3, -0.25) is 14.4 Å². The van der Waals surface area contributed by atoms with Crippen LogP contribution in [0.2, 0.25) is 0 Å². The maximum atomic E-state index is 12.9. The van der Waals surface area contributed by atoms with Gasteiger partial charge in [0.25, 0.3) is 0 Å². The van der Waals surface area contributed by atoms with Crippen molar-refractivity contribution < 1.29 is 28.6 Å². The van der Waals surface area contributed by atoms with Gasteiger partial charge in [-0.05, 0) is 128 Å². The van der Waals surface area contributed by atoms with Crippen LogP contribution in [0, 0.1) is 0 Å². The summed E-state index contributed by atoms with van der Waals surface area (Å²) in [4.78, 5) is 38.3. The average Bonchev–Trinajstić information content (AvgIpc) is 3.49. The number of carbonyl (C=O) groups excluding carboxylic acids is 3. The first kappa shape index (κ1) is 78.3. The molecule has 0 aromatic rings. The zero-order valence-corrected chi connectivity index (χ0v) is 53.9. The number of hydrogen-bond acceptors (Lipinski definition) is 6. The monoisotopic (exact) mass is 1150 g/mol. The summed E-state index contributed by atoms with van der Waals surface area (Å²) < 4.78 is 16.9. The molecular weight excluding hydrogens is 1020 g/mol. The molecule has 0 aromatic heterocycles. The Morgan fingerprint density at radius 2 is 0.494 bits per heavy atom. The number of hydrogen-bond donors (Lipinski definition) is 0. The van der Waals surface area contributed by atoms with Crippen molar-refractivity contribution in [2.24, 2.45) is 0 Å². The maximum absolute atomic E-state index is 12.9. The van der Waals surface area contributed by atoms with Gasteiger partial charge in [-0.1, -0.05) is 301 Å². The molecule has 0 rings (SSSR count). The standard InChI is InChI=1S/C77H126O6/c1-4-7-10-13-16-19-22-25-27-29-30-31-32-33-34-35-36-37-38-39-40-41-42-43-44-45-46-48-49-52-55-58-61-64-67-70-76(79)82-73-74(72-81-75(78)69-66-63-60-57-54-51-24-21-18-15-12-9-6-3)83-77(80)71-68-65-62-59-56-53-50-47-28-26-23-20-17-14-11-8-5-2/h7,9-10,12,16-21,25-28,30-31,33-34,36-37,51,54,60,63,74H,4-6,8,11,13-15,22-24,29,32,35,38-50,52-53,55-59,61-62,64-73H2,1-3H3/b10-7-,12-9-,19-16-,20-17-,21-18-,27-25-,28-26-,31-30-,34-33-,37-36-,54-51-,63-60-. The smallest absolute Gasteiger partial charge is 0.306 e. The van der Waals surface area contributed by atoms with Crippen molar-refractivity contribution in [3.63, 3.8) is 0 Å². The van der Waals surface area contributed by atoms with E-state index >= 15 is 0 Å². The van der Waals surface area contributed by atoms with Crippen LogP contribution in [0.4, 0.5) is 0 Å². The molecule has 0 radical (unpaired) electrons. The molecule has 0 saturated carbocycles. The predicted molar refractivity (Wildman–Crippen MR) is 362 cm³/mol. The van der Waals surface area contributed by atoms with Crippen molar-refractivity contribution in [1.82, 2.24) is 0 Å². The van der Waals surface area contributed by atoms with E-state index in [2.05, 4.69) is 161 Å². The Morgan fingerprint density at radius 3 is 0.807 bits per heavy atom. The van der Waals surface area contributed by atoms with E-state index in [1.54, 1.807) is 0 Å². The van der Waals surface area contributed by atoms with Crippen molar-refractivity contribution in [3.8, 4) is 0 Å². The first-order valence-corrected chi connectivity index (χ1v) is 34.3. The minimum absolute atomic E-state index is 0.105. The molecule has 0 aliphatic heterocycles. The molecule has 0 fully saturated rings. The van der Waals surface area contributed by atoms with Crippen LogP contribution in [0.3, 0.4) is 0 Å². The lowest BCUT2D eigenvalue weighted by atomic mass is 10.0. The van der Waals surface area contributed by atoms with Crippen LogP contribution in [0.5, 0.6) is 0 Å². The zero-order chi connectivity index (χ0) is 59.9. The second-order valence-corrected chi connectivity index (χ2v) is 22.3. The third-order valence-corrected chi connectivity index (χ3v) is 14.3. The van der Waals surface area contributed by atoms with Crippen molar-refractivity contribution in [3.05, 3.63) is 146 Å². The molecule has 1 unspecified atom stereocenters. The Bertz CT molecular complexity index is 1800. The van der Waals surface area contributed by atoms with Gasteiger partial charge in [0.15, 0.2) is 6.10 Å². The molecule has 0 amide bonds. The molecule has 6 nitrogen and oxygen atoms in total. The highest BCUT2D eigenvalue weighted by Gasteiger charge is 2.19. The van der Waals surface area contributed by atoms with Crippen LogP contribution in [-0.2, 0) is 28.6 Å². The Hall–Kier alpha value is -4.71. The van der Waals surface area contributed by atoms with E-state index in [9.17, 15) is 14.4 Å². The lowest BCUT2D eigenvalue weighted by Gasteiger charge is -2.18. The molecule has 0 heterocycles. The molecule has 0 aliphatic carbocycles. The van der Waals surface area contributed by atoms with Crippen molar-refractivity contribution in [1.29, 1.82) is 0 Å². The molecule has 0 spiro atoms. The van der Waals surface area contributed by atoms with Gasteiger partial charge in [0.05, 0.1) is 0 Å². The van der Waals surface area contributed by atoms with Gasteiger partial charge in [0.2, 0.25) is 0 Å². The number of esters is 3. The Morgan fingerprint density at radius 1 is 0.253 bits per heavy atom. The van der Waals surface area contributed by atoms with Crippen LogP contribution in [-0.4, -0.2) is 37.2 Å². The molecule has 6 heteroatoms. The minimum Gasteiger partial charge on any atom is -0.462 e. The fourth-order valence-corrected chi connectivity index (χ4v) is 9.26. The summed E-state index contributed by atoms with van der Waals surface area (Å²) in [6.45, 7) is 6.33. The number of carbonyl (C=O) groups is 3. The largest absolute Gasteiger partial charge is 0.462 e. The molecule has 470 valence electrons. The third kappa shape index (κ3) is 68.0. The molecule has 0 aromatic carbocycles. The average molecular weight is 1150 g/mol. The lowest BCUT2D eigenvalue weighted by Crippen LogP contribution is -2.30. The van der Waals surface area contributed by atoms with Crippen molar-refractivity contribution in [2.75, 3.05) is 13.2 Å². The summed E-state index contributed by atoms with van der Waals surface area (Å²) in [5.41, 5.74) is 0. The number of allylic oxidation sites excluding steroid dienone is 24. The number of rotatable bonds is 61. The molecule has 0 saturated heterocycles. The highest BCUT2D eigenvalue weighted by molar-refractivity contribution is 5.71. The normalized spacial score (nSPS) is 13.0. The fourth-order valence-electron chi connectivity index (χ4n) is 9.26. The van der Waals surface area contributed by atoms with Crippen molar-refractivity contribution >= 4 is 17.9 Å². The van der Waals surface area contributed by atoms with Crippen LogP contribution in [0.25, 0.3) is 0 Å². The summed E-state index contributed by atoms with van der Waals surface area (Å²) >= 11 is 0. The second-order valence-electron chi connectivity index (χ2n) is 22.3. The Kier molecular flexibility index (Phi) is 65.8. The van der Waals surface area contributed by atoms with Gasteiger partial charge in [-0.25, -0.2) is 0 Å². The molecular formula is C77H126O6. The summed E-state index contributed by atoms with van der Waals surface area (Å²) in [6, 6.07) is 0. The molecule has 83 heavy (non-hydrogen) atoms. The first-order valence-electron chi connectivity index (χ1n) is 34.3. The van der Waals surface area contributed by atoms with Crippen molar-refractivity contribution in [2.45, 2.75) is 309 Å². The molecule has 0 N–H and O–H groups in total. The van der Waals surface area contributed by atoms with Gasteiger partial charge < -0.3 is 14.2 Å². The Balaban J connectivity index is 4.22. The summed E-state index contributed by atoms with van der Waals surface area (Å²) in [5.74, 6) is -0.994. The van der Waals surface area contributed by atoms with E-state index in [0.717, 1.165) is 116 Å². The summed E-state index contributed by atoms with van der Waals surface area (Å²) in [7, 11) is 0. The van der Waals surface area contributed by atoms with Gasteiger partial charge >= 0.3 is 17.9 Å². The fraction of sp³-hybridized carbons (Fsp3) is 0.649. The van der Waals surface area contributed by atoms with E-state index in [1.807, 2.05) is 6.08 Å². The van der Waals surface area contributed by atoms with Gasteiger partial charge in [-0.2, -0.15) is 0 Å². The van der Waals surface area contributed by atoms with Gasteiger partial charge in [0.1, 0.15) is 13.2 Å². The topological polar surface area (TPSA) is 78.9 Å². The quantitative estimate of drug-likeness (QED) is 0.0261. The SMILES string of the molecule is CC/C=C\C/C=C\C/C=C\C/C=C\C/C=C\C/C=C\CCCCCCCCCCCCCCCCCCC(=O)OCC(COC(=O)CC/C=C\C/C=C\C/C=C\C/C=C\CC)OC(=O)CCCCCCCCC/C=C\C/C=C\CCCCC. The summed E-state index contributed by atoms with van der Waals surface area (Å²) in [6.07, 6.45) is 100. The van der Waals surface area contributed by atoms with Crippen LogP contribution >= 0.6 is 0 Å².